The molecular weight excluding hydrogens is 264 g/mol. The molecule has 0 aliphatic rings. The van der Waals surface area contributed by atoms with Crippen LogP contribution < -0.4 is 10.2 Å². The number of hydrogen-bond donors (Lipinski definition) is 1. The van der Waals surface area contributed by atoms with Gasteiger partial charge in [-0.05, 0) is 19.1 Å². The number of nitrogens with zero attached hydrogens (tertiary/aromatic N) is 1. The van der Waals surface area contributed by atoms with Crippen molar-refractivity contribution < 1.29 is 14.4 Å². The molecule has 2 rings (SSSR count). The number of thiazole rings is 1. The number of benzene rings is 1. The maximum absolute atomic E-state index is 11.7. The summed E-state index contributed by atoms with van der Waals surface area (Å²) >= 11 is 1.39. The van der Waals surface area contributed by atoms with Gasteiger partial charge in [-0.1, -0.05) is 12.1 Å². The smallest absolute Gasteiger partial charge is 0.294 e. The Hall–Kier alpha value is -1.92. The van der Waals surface area contributed by atoms with Crippen LogP contribution >= 0.6 is 11.3 Å². The van der Waals surface area contributed by atoms with Crippen LogP contribution in [0.3, 0.4) is 0 Å². The molecule has 6 heteroatoms. The van der Waals surface area contributed by atoms with Crippen LogP contribution in [0.2, 0.25) is 0 Å². The molecule has 0 saturated carbocycles. The fourth-order valence-electron chi connectivity index (χ4n) is 1.51. The van der Waals surface area contributed by atoms with E-state index in [0.29, 0.717) is 12.3 Å². The Balaban J connectivity index is 2.23. The molecule has 0 aliphatic carbocycles. The van der Waals surface area contributed by atoms with Crippen LogP contribution in [0.5, 0.6) is 5.75 Å². The molecule has 100 valence electrons. The molecule has 1 heterocycles. The van der Waals surface area contributed by atoms with E-state index in [1.54, 1.807) is 19.4 Å². The number of carbonyl (C=O) groups is 1. The zero-order valence-electron chi connectivity index (χ0n) is 10.7. The van der Waals surface area contributed by atoms with Crippen molar-refractivity contribution in [1.29, 1.82) is 0 Å². The van der Waals surface area contributed by atoms with Gasteiger partial charge in [0, 0.05) is 5.38 Å². The lowest BCUT2D eigenvalue weighted by atomic mass is 10.2. The number of para-hydroxylation sites is 1. The van der Waals surface area contributed by atoms with E-state index in [1.165, 1.54) is 11.3 Å². The molecule has 0 aliphatic heterocycles. The fourth-order valence-corrected chi connectivity index (χ4v) is 2.34. The van der Waals surface area contributed by atoms with Crippen LogP contribution in [-0.4, -0.2) is 24.6 Å². The van der Waals surface area contributed by atoms with Crippen LogP contribution in [0, 0.1) is 0 Å². The lowest BCUT2D eigenvalue weighted by molar-refractivity contribution is 0.0360. The van der Waals surface area contributed by atoms with Gasteiger partial charge in [-0.2, -0.15) is 0 Å². The number of ether oxygens (including phenoxy) is 1. The Morgan fingerprint density at radius 2 is 2.21 bits per heavy atom. The van der Waals surface area contributed by atoms with Crippen LogP contribution in [0.1, 0.15) is 17.4 Å². The van der Waals surface area contributed by atoms with Gasteiger partial charge < -0.3 is 4.74 Å². The summed E-state index contributed by atoms with van der Waals surface area (Å²) in [6.07, 6.45) is 0. The first-order valence-corrected chi connectivity index (χ1v) is 6.65. The average Bonchev–Trinajstić information content (AvgIpc) is 2.94. The molecule has 0 unspecified atom stereocenters. The highest BCUT2D eigenvalue weighted by molar-refractivity contribution is 7.13. The van der Waals surface area contributed by atoms with Crippen LogP contribution in [0.25, 0.3) is 10.6 Å². The van der Waals surface area contributed by atoms with E-state index in [-0.39, 0.29) is 5.91 Å². The normalized spacial score (nSPS) is 10.2. The lowest BCUT2D eigenvalue weighted by Gasteiger charge is -2.04. The van der Waals surface area contributed by atoms with Gasteiger partial charge in [0.05, 0.1) is 19.3 Å². The van der Waals surface area contributed by atoms with Crippen molar-refractivity contribution in [2.24, 2.45) is 0 Å². The summed E-state index contributed by atoms with van der Waals surface area (Å²) in [5.74, 6) is 0.382. The molecule has 1 aromatic heterocycles. The standard InChI is InChI=1S/C13H14N2O3S/c1-3-18-15-12(16)10-8-19-13(14-10)9-6-4-5-7-11(9)17-2/h4-8H,3H2,1-2H3,(H,15,16). The summed E-state index contributed by atoms with van der Waals surface area (Å²) in [6.45, 7) is 2.21. The Bertz CT molecular complexity index is 569. The molecule has 0 radical (unpaired) electrons. The lowest BCUT2D eigenvalue weighted by Crippen LogP contribution is -2.23. The summed E-state index contributed by atoms with van der Waals surface area (Å²) in [5, 5.41) is 2.43. The summed E-state index contributed by atoms with van der Waals surface area (Å²) in [7, 11) is 1.61. The number of amides is 1. The van der Waals surface area contributed by atoms with Crippen LogP contribution in [-0.2, 0) is 4.84 Å². The van der Waals surface area contributed by atoms with Crippen molar-refractivity contribution in [3.63, 3.8) is 0 Å². The first kappa shape index (κ1) is 13.5. The molecule has 0 atom stereocenters. The largest absolute Gasteiger partial charge is 0.496 e. The van der Waals surface area contributed by atoms with E-state index < -0.39 is 0 Å². The summed E-state index contributed by atoms with van der Waals surface area (Å²) < 4.78 is 5.28. The van der Waals surface area contributed by atoms with Gasteiger partial charge in [-0.3, -0.25) is 9.63 Å². The van der Waals surface area contributed by atoms with Gasteiger partial charge in [-0.15, -0.1) is 11.3 Å². The van der Waals surface area contributed by atoms with E-state index >= 15 is 0 Å². The number of hydroxylamine groups is 1. The maximum Gasteiger partial charge on any atom is 0.294 e. The zero-order chi connectivity index (χ0) is 13.7. The van der Waals surface area contributed by atoms with Gasteiger partial charge in [0.15, 0.2) is 0 Å². The third-order valence-corrected chi connectivity index (χ3v) is 3.26. The topological polar surface area (TPSA) is 60.5 Å². The number of rotatable bonds is 5. The van der Waals surface area contributed by atoms with Crippen molar-refractivity contribution in [2.45, 2.75) is 6.92 Å². The Kier molecular flexibility index (Phi) is 4.48. The number of carbonyl (C=O) groups excluding carboxylic acids is 1. The van der Waals surface area contributed by atoms with Gasteiger partial charge in [0.2, 0.25) is 0 Å². The van der Waals surface area contributed by atoms with E-state index in [0.717, 1.165) is 16.3 Å². The molecule has 0 fully saturated rings. The summed E-state index contributed by atoms with van der Waals surface area (Å²) in [4.78, 5) is 20.8. The van der Waals surface area contributed by atoms with Crippen molar-refractivity contribution in [2.75, 3.05) is 13.7 Å². The Morgan fingerprint density at radius 1 is 1.42 bits per heavy atom. The van der Waals surface area contributed by atoms with Crippen molar-refractivity contribution in [3.8, 4) is 16.3 Å². The number of nitrogens with one attached hydrogen (secondary N) is 1. The first-order chi connectivity index (χ1) is 9.26. The minimum Gasteiger partial charge on any atom is -0.496 e. The molecule has 0 spiro atoms. The molecule has 1 aromatic carbocycles. The molecule has 1 N–H and O–H groups in total. The van der Waals surface area contributed by atoms with E-state index in [9.17, 15) is 4.79 Å². The van der Waals surface area contributed by atoms with Crippen LogP contribution in [0.15, 0.2) is 29.6 Å². The second-order valence-corrected chi connectivity index (χ2v) is 4.46. The van der Waals surface area contributed by atoms with Gasteiger partial charge >= 0.3 is 0 Å². The highest BCUT2D eigenvalue weighted by atomic mass is 32.1. The summed E-state index contributed by atoms with van der Waals surface area (Å²) in [6, 6.07) is 7.55. The Labute approximate surface area is 115 Å². The maximum atomic E-state index is 11.7. The quantitative estimate of drug-likeness (QED) is 0.854. The van der Waals surface area contributed by atoms with Gasteiger partial charge in [-0.25, -0.2) is 10.5 Å². The summed E-state index contributed by atoms with van der Waals surface area (Å²) in [5.41, 5.74) is 3.51. The van der Waals surface area contributed by atoms with Gasteiger partial charge in [0.1, 0.15) is 16.5 Å². The highest BCUT2D eigenvalue weighted by Crippen LogP contribution is 2.31. The van der Waals surface area contributed by atoms with E-state index in [4.69, 9.17) is 9.57 Å². The molecule has 5 nitrogen and oxygen atoms in total. The number of methoxy groups -OCH3 is 1. The number of aromatic nitrogens is 1. The van der Waals surface area contributed by atoms with Gasteiger partial charge in [0.25, 0.3) is 5.91 Å². The molecule has 0 bridgehead atoms. The monoisotopic (exact) mass is 278 g/mol. The second kappa shape index (κ2) is 6.31. The predicted molar refractivity (Wildman–Crippen MR) is 73.2 cm³/mol. The number of hydrogen-bond acceptors (Lipinski definition) is 5. The second-order valence-electron chi connectivity index (χ2n) is 3.60. The SMILES string of the molecule is CCONC(=O)c1csc(-c2ccccc2OC)n1. The van der Waals surface area contributed by atoms with E-state index in [2.05, 4.69) is 10.5 Å². The van der Waals surface area contributed by atoms with Crippen molar-refractivity contribution in [1.82, 2.24) is 10.5 Å². The van der Waals surface area contributed by atoms with Crippen LogP contribution in [0.4, 0.5) is 0 Å². The predicted octanol–water partition coefficient (Wildman–Crippen LogP) is 2.50. The van der Waals surface area contributed by atoms with Crippen molar-refractivity contribution >= 4 is 17.2 Å². The Morgan fingerprint density at radius 3 is 2.95 bits per heavy atom. The first-order valence-electron chi connectivity index (χ1n) is 5.77. The molecular formula is C13H14N2O3S. The molecule has 0 saturated heterocycles. The minimum absolute atomic E-state index is 0.333. The fraction of sp³-hybridized carbons (Fsp3) is 0.231. The molecule has 19 heavy (non-hydrogen) atoms. The zero-order valence-corrected chi connectivity index (χ0v) is 11.5. The van der Waals surface area contributed by atoms with E-state index in [1.807, 2.05) is 24.3 Å². The molecule has 2 aromatic rings. The third kappa shape index (κ3) is 3.10. The minimum atomic E-state index is -0.348. The van der Waals surface area contributed by atoms with Crippen molar-refractivity contribution in [3.05, 3.63) is 35.3 Å². The highest BCUT2D eigenvalue weighted by Gasteiger charge is 2.14. The molecule has 1 amide bonds. The average molecular weight is 278 g/mol. The third-order valence-electron chi connectivity index (χ3n) is 2.38.